The van der Waals surface area contributed by atoms with E-state index in [1.807, 2.05) is 4.90 Å². The summed E-state index contributed by atoms with van der Waals surface area (Å²) in [5.74, 6) is 0.571. The van der Waals surface area contributed by atoms with Crippen LogP contribution in [0.5, 0.6) is 0 Å². The van der Waals surface area contributed by atoms with Gasteiger partial charge in [0.2, 0.25) is 5.91 Å². The fraction of sp³-hybridized carbons (Fsp3) is 0.882. The molecule has 3 rings (SSSR count). The number of likely N-dealkylation sites (N-methyl/N-ethyl adjacent to an activating group) is 1. The highest BCUT2D eigenvalue weighted by atomic mass is 16.2. The van der Waals surface area contributed by atoms with Crippen molar-refractivity contribution in [3.63, 3.8) is 0 Å². The second kappa shape index (κ2) is 4.55. The summed E-state index contributed by atoms with van der Waals surface area (Å²) >= 11 is 0. The van der Waals surface area contributed by atoms with Gasteiger partial charge in [0, 0.05) is 11.8 Å². The Morgan fingerprint density at radius 1 is 1.19 bits per heavy atom. The first kappa shape index (κ1) is 15.0. The van der Waals surface area contributed by atoms with E-state index in [0.29, 0.717) is 12.2 Å². The van der Waals surface area contributed by atoms with Crippen molar-refractivity contribution in [3.8, 4) is 0 Å². The number of carbonyl (C=O) groups excluding carboxylic acids is 2. The summed E-state index contributed by atoms with van der Waals surface area (Å²) in [5.41, 5.74) is -0.926. The molecule has 2 saturated carbocycles. The molecule has 1 saturated heterocycles. The summed E-state index contributed by atoms with van der Waals surface area (Å²) in [6, 6.07) is 0. The molecule has 1 amide bonds. The zero-order chi connectivity index (χ0) is 15.5. The molecule has 3 fully saturated rings. The average Bonchev–Trinajstić information content (AvgIpc) is 2.77. The third-order valence-electron chi connectivity index (χ3n) is 7.37. The zero-order valence-corrected chi connectivity index (χ0v) is 13.9. The Morgan fingerprint density at radius 2 is 1.81 bits per heavy atom. The van der Waals surface area contributed by atoms with Crippen molar-refractivity contribution in [2.24, 2.45) is 16.2 Å². The molecule has 21 heavy (non-hydrogen) atoms. The highest BCUT2D eigenvalue weighted by Gasteiger charge is 2.73. The van der Waals surface area contributed by atoms with Gasteiger partial charge in [-0.2, -0.15) is 0 Å². The Hall–Kier alpha value is -0.900. The predicted octanol–water partition coefficient (Wildman–Crippen LogP) is 0.519. The second-order valence-electron chi connectivity index (χ2n) is 8.03. The van der Waals surface area contributed by atoms with E-state index < -0.39 is 5.41 Å². The predicted molar refractivity (Wildman–Crippen MR) is 81.0 cm³/mol. The third kappa shape index (κ3) is 1.71. The van der Waals surface area contributed by atoms with Crippen molar-refractivity contribution < 1.29 is 14.5 Å². The quantitative estimate of drug-likeness (QED) is 0.806. The number of nitrogens with one attached hydrogen (secondary N) is 1. The van der Waals surface area contributed by atoms with Gasteiger partial charge in [-0.05, 0) is 25.2 Å². The molecule has 2 bridgehead atoms. The molecular weight excluding hydrogens is 264 g/mol. The molecular formula is C17H29N2O2+. The van der Waals surface area contributed by atoms with Gasteiger partial charge in [0.25, 0.3) is 0 Å². The lowest BCUT2D eigenvalue weighted by Crippen LogP contribution is -3.14. The van der Waals surface area contributed by atoms with Crippen molar-refractivity contribution in [2.75, 3.05) is 32.7 Å². The van der Waals surface area contributed by atoms with Crippen LogP contribution in [-0.4, -0.2) is 49.3 Å². The second-order valence-corrected chi connectivity index (χ2v) is 8.03. The highest BCUT2D eigenvalue weighted by molar-refractivity contribution is 5.99. The van der Waals surface area contributed by atoms with Gasteiger partial charge in [-0.15, -0.1) is 0 Å². The normalized spacial score (nSPS) is 39.0. The SMILES string of the molecule is CC[NH+]1CCN(C(=O)[C@]23CC[C@](C)(C(=O)C2)C3(C)C)CC1. The number of piperazine rings is 1. The maximum absolute atomic E-state index is 13.2. The number of ketones is 1. The van der Waals surface area contributed by atoms with Crippen LogP contribution in [0.1, 0.15) is 47.0 Å². The van der Waals surface area contributed by atoms with E-state index >= 15 is 0 Å². The number of hydrogen-bond acceptors (Lipinski definition) is 2. The van der Waals surface area contributed by atoms with Crippen LogP contribution < -0.4 is 4.90 Å². The summed E-state index contributed by atoms with van der Waals surface area (Å²) in [4.78, 5) is 29.4. The third-order valence-corrected chi connectivity index (χ3v) is 7.37. The van der Waals surface area contributed by atoms with Gasteiger partial charge in [0.05, 0.1) is 38.1 Å². The smallest absolute Gasteiger partial charge is 0.230 e. The molecule has 0 unspecified atom stereocenters. The fourth-order valence-corrected chi connectivity index (χ4v) is 5.02. The van der Waals surface area contributed by atoms with E-state index in [-0.39, 0.29) is 16.7 Å². The molecule has 0 spiro atoms. The minimum atomic E-state index is -0.428. The number of rotatable bonds is 2. The van der Waals surface area contributed by atoms with Crippen LogP contribution in [-0.2, 0) is 9.59 Å². The molecule has 0 aromatic rings. The van der Waals surface area contributed by atoms with Crippen LogP contribution in [0.2, 0.25) is 0 Å². The molecule has 1 aliphatic heterocycles. The topological polar surface area (TPSA) is 41.8 Å². The van der Waals surface area contributed by atoms with Crippen molar-refractivity contribution in [2.45, 2.75) is 47.0 Å². The number of hydrogen-bond donors (Lipinski definition) is 1. The molecule has 0 aromatic heterocycles. The first-order valence-corrected chi connectivity index (χ1v) is 8.45. The van der Waals surface area contributed by atoms with Crippen LogP contribution in [0.15, 0.2) is 0 Å². The lowest BCUT2D eigenvalue weighted by Gasteiger charge is -2.43. The lowest BCUT2D eigenvalue weighted by molar-refractivity contribution is -0.902. The minimum absolute atomic E-state index is 0.205. The molecule has 1 heterocycles. The standard InChI is InChI=1S/C17H28N2O2/c1-5-18-8-10-19(11-9-18)14(21)17-7-6-16(4,13(20)12-17)15(17,2)3/h5-12H2,1-4H3/p+1/t16-,17+/m1/s1. The Morgan fingerprint density at radius 3 is 2.24 bits per heavy atom. The van der Waals surface area contributed by atoms with Crippen LogP contribution in [0.3, 0.4) is 0 Å². The number of carbonyl (C=O) groups is 2. The van der Waals surface area contributed by atoms with Crippen molar-refractivity contribution >= 4 is 11.7 Å². The number of fused-ring (bicyclic) bond motifs is 2. The maximum atomic E-state index is 13.2. The first-order chi connectivity index (χ1) is 9.78. The zero-order valence-electron chi connectivity index (χ0n) is 13.9. The van der Waals surface area contributed by atoms with Gasteiger partial charge in [-0.1, -0.05) is 20.8 Å². The summed E-state index contributed by atoms with van der Waals surface area (Å²) in [7, 11) is 0. The van der Waals surface area contributed by atoms with Crippen molar-refractivity contribution in [3.05, 3.63) is 0 Å². The number of nitrogens with zero attached hydrogens (tertiary/aromatic N) is 1. The Labute approximate surface area is 127 Å². The molecule has 118 valence electrons. The monoisotopic (exact) mass is 293 g/mol. The van der Waals surface area contributed by atoms with Crippen LogP contribution in [0.25, 0.3) is 0 Å². The van der Waals surface area contributed by atoms with Crippen LogP contribution in [0.4, 0.5) is 0 Å². The van der Waals surface area contributed by atoms with Crippen LogP contribution >= 0.6 is 0 Å². The molecule has 0 aromatic carbocycles. The molecule has 4 nitrogen and oxygen atoms in total. The molecule has 2 aliphatic carbocycles. The van der Waals surface area contributed by atoms with E-state index in [1.54, 1.807) is 4.90 Å². The largest absolute Gasteiger partial charge is 0.332 e. The summed E-state index contributed by atoms with van der Waals surface area (Å²) in [6.45, 7) is 13.5. The Bertz CT molecular complexity index is 479. The lowest BCUT2D eigenvalue weighted by atomic mass is 9.64. The average molecular weight is 293 g/mol. The minimum Gasteiger partial charge on any atom is -0.332 e. The Balaban J connectivity index is 1.84. The maximum Gasteiger partial charge on any atom is 0.230 e. The molecule has 3 aliphatic rings. The Kier molecular flexibility index (Phi) is 3.25. The van der Waals surface area contributed by atoms with Gasteiger partial charge in [0.1, 0.15) is 5.78 Å². The number of Topliss-reactive ketones (excluding diaryl/α,β-unsaturated/α-hetero) is 1. The molecule has 1 N–H and O–H groups in total. The van der Waals surface area contributed by atoms with Gasteiger partial charge in [-0.3, -0.25) is 9.59 Å². The number of amides is 1. The van der Waals surface area contributed by atoms with E-state index in [4.69, 9.17) is 0 Å². The first-order valence-electron chi connectivity index (χ1n) is 8.45. The van der Waals surface area contributed by atoms with Gasteiger partial charge >= 0.3 is 0 Å². The van der Waals surface area contributed by atoms with E-state index in [2.05, 4.69) is 27.7 Å². The van der Waals surface area contributed by atoms with E-state index in [1.165, 1.54) is 0 Å². The molecule has 2 atom stereocenters. The molecule has 4 heteroatoms. The van der Waals surface area contributed by atoms with Gasteiger partial charge < -0.3 is 9.80 Å². The molecule has 0 radical (unpaired) electrons. The van der Waals surface area contributed by atoms with Gasteiger partial charge in [-0.25, -0.2) is 0 Å². The summed E-state index contributed by atoms with van der Waals surface area (Å²) < 4.78 is 0. The highest BCUT2D eigenvalue weighted by Crippen LogP contribution is 2.70. The van der Waals surface area contributed by atoms with Crippen molar-refractivity contribution in [1.82, 2.24) is 4.90 Å². The summed E-state index contributed by atoms with van der Waals surface area (Å²) in [5, 5.41) is 0. The van der Waals surface area contributed by atoms with E-state index in [9.17, 15) is 9.59 Å². The fourth-order valence-electron chi connectivity index (χ4n) is 5.02. The van der Waals surface area contributed by atoms with Crippen LogP contribution in [0, 0.1) is 16.2 Å². The number of quaternary nitrogens is 1. The van der Waals surface area contributed by atoms with E-state index in [0.717, 1.165) is 45.6 Å². The van der Waals surface area contributed by atoms with Gasteiger partial charge in [0.15, 0.2) is 0 Å². The summed E-state index contributed by atoms with van der Waals surface area (Å²) in [6.07, 6.45) is 2.24. The van der Waals surface area contributed by atoms with Crippen molar-refractivity contribution in [1.29, 1.82) is 0 Å².